The molecule has 5 heteroatoms. The van der Waals surface area contributed by atoms with E-state index in [1.54, 1.807) is 10.9 Å². The first-order valence-electron chi connectivity index (χ1n) is 5.74. The van der Waals surface area contributed by atoms with Gasteiger partial charge in [-0.2, -0.15) is 0 Å². The Morgan fingerprint density at radius 3 is 2.74 bits per heavy atom. The van der Waals surface area contributed by atoms with Crippen molar-refractivity contribution in [2.24, 2.45) is 0 Å². The van der Waals surface area contributed by atoms with E-state index < -0.39 is 0 Å². The van der Waals surface area contributed by atoms with E-state index in [1.165, 1.54) is 22.7 Å². The molecule has 1 aromatic carbocycles. The van der Waals surface area contributed by atoms with Crippen LogP contribution in [0.25, 0.3) is 11.3 Å². The highest BCUT2D eigenvalue weighted by Crippen LogP contribution is 2.22. The summed E-state index contributed by atoms with van der Waals surface area (Å²) >= 11 is 2.95. The molecular formula is C14H10N2OS2. The third-order valence-electron chi connectivity index (χ3n) is 2.65. The highest BCUT2D eigenvalue weighted by atomic mass is 32.1. The molecule has 3 nitrogen and oxygen atoms in total. The molecule has 0 N–H and O–H groups in total. The van der Waals surface area contributed by atoms with Crippen LogP contribution in [0.15, 0.2) is 46.6 Å². The molecule has 0 saturated carbocycles. The zero-order valence-corrected chi connectivity index (χ0v) is 11.6. The summed E-state index contributed by atoms with van der Waals surface area (Å²) in [5, 5.41) is 4.59. The fourth-order valence-electron chi connectivity index (χ4n) is 1.71. The number of benzene rings is 1. The summed E-state index contributed by atoms with van der Waals surface area (Å²) in [6.07, 6.45) is 0.321. The van der Waals surface area contributed by atoms with E-state index >= 15 is 0 Å². The summed E-state index contributed by atoms with van der Waals surface area (Å²) in [4.78, 5) is 20.5. The molecule has 0 radical (unpaired) electrons. The SMILES string of the molecule is O=C(Cc1nc(-c2ccccc2)cs1)c1cscn1. The molecule has 3 rings (SSSR count). The number of rotatable bonds is 4. The lowest BCUT2D eigenvalue weighted by atomic mass is 10.2. The van der Waals surface area contributed by atoms with Crippen LogP contribution in [0, 0.1) is 0 Å². The van der Waals surface area contributed by atoms with E-state index in [9.17, 15) is 4.79 Å². The molecule has 0 aliphatic carbocycles. The maximum Gasteiger partial charge on any atom is 0.188 e. The van der Waals surface area contributed by atoms with Gasteiger partial charge in [-0.05, 0) is 0 Å². The summed E-state index contributed by atoms with van der Waals surface area (Å²) in [6.45, 7) is 0. The molecule has 0 saturated heterocycles. The van der Waals surface area contributed by atoms with Crippen molar-refractivity contribution in [1.29, 1.82) is 0 Å². The second kappa shape index (κ2) is 5.42. The number of carbonyl (C=O) groups excluding carboxylic acids is 1. The van der Waals surface area contributed by atoms with Crippen molar-refractivity contribution in [2.75, 3.05) is 0 Å². The standard InChI is InChI=1S/C14H10N2OS2/c17-13(12-7-18-9-15-12)6-14-16-11(8-19-14)10-4-2-1-3-5-10/h1-5,7-9H,6H2. The Morgan fingerprint density at radius 2 is 2.00 bits per heavy atom. The number of nitrogens with zero attached hydrogens (tertiary/aromatic N) is 2. The van der Waals surface area contributed by atoms with Crippen molar-refractivity contribution in [3.8, 4) is 11.3 Å². The quantitative estimate of drug-likeness (QED) is 0.687. The second-order valence-corrected chi connectivity index (χ2v) is 5.63. The van der Waals surface area contributed by atoms with Gasteiger partial charge < -0.3 is 0 Å². The van der Waals surface area contributed by atoms with Crippen LogP contribution in [0.5, 0.6) is 0 Å². The van der Waals surface area contributed by atoms with E-state index in [0.29, 0.717) is 12.1 Å². The molecule has 0 spiro atoms. The normalized spacial score (nSPS) is 10.5. The average Bonchev–Trinajstić information content (AvgIpc) is 3.11. The highest BCUT2D eigenvalue weighted by Gasteiger charge is 2.12. The summed E-state index contributed by atoms with van der Waals surface area (Å²) in [7, 11) is 0. The van der Waals surface area contributed by atoms with Crippen molar-refractivity contribution in [1.82, 2.24) is 9.97 Å². The minimum absolute atomic E-state index is 0.0233. The third-order valence-corrected chi connectivity index (χ3v) is 4.09. The Kier molecular flexibility index (Phi) is 3.48. The number of hydrogen-bond donors (Lipinski definition) is 0. The van der Waals surface area contributed by atoms with Gasteiger partial charge in [0.05, 0.1) is 17.6 Å². The number of hydrogen-bond acceptors (Lipinski definition) is 5. The third kappa shape index (κ3) is 2.77. The average molecular weight is 286 g/mol. The summed E-state index contributed by atoms with van der Waals surface area (Å²) in [6, 6.07) is 9.97. The Bertz CT molecular complexity index is 675. The summed E-state index contributed by atoms with van der Waals surface area (Å²) < 4.78 is 0. The van der Waals surface area contributed by atoms with Crippen molar-refractivity contribution >= 4 is 28.5 Å². The predicted molar refractivity (Wildman–Crippen MR) is 77.7 cm³/mol. The second-order valence-electron chi connectivity index (χ2n) is 3.97. The zero-order chi connectivity index (χ0) is 13.1. The number of ketones is 1. The smallest absolute Gasteiger partial charge is 0.188 e. The monoisotopic (exact) mass is 286 g/mol. The highest BCUT2D eigenvalue weighted by molar-refractivity contribution is 7.10. The molecule has 94 valence electrons. The van der Waals surface area contributed by atoms with E-state index in [4.69, 9.17) is 0 Å². The van der Waals surface area contributed by atoms with Crippen LogP contribution in [-0.4, -0.2) is 15.8 Å². The minimum Gasteiger partial charge on any atom is -0.292 e. The molecule has 0 aliphatic heterocycles. The molecule has 2 aromatic heterocycles. The first-order chi connectivity index (χ1) is 9.33. The number of Topliss-reactive ketones (excluding diaryl/α,β-unsaturated/α-hetero) is 1. The largest absolute Gasteiger partial charge is 0.292 e. The Labute approximate surface area is 118 Å². The number of thiazole rings is 2. The minimum atomic E-state index is 0.0233. The van der Waals surface area contributed by atoms with Gasteiger partial charge in [-0.1, -0.05) is 30.3 Å². The lowest BCUT2D eigenvalue weighted by Crippen LogP contribution is -2.03. The Balaban J connectivity index is 1.77. The summed E-state index contributed by atoms with van der Waals surface area (Å²) in [5.41, 5.74) is 4.20. The van der Waals surface area contributed by atoms with Crippen molar-refractivity contribution in [3.05, 3.63) is 57.3 Å². The van der Waals surface area contributed by atoms with Gasteiger partial charge in [0, 0.05) is 16.3 Å². The van der Waals surface area contributed by atoms with Crippen molar-refractivity contribution in [3.63, 3.8) is 0 Å². The lowest BCUT2D eigenvalue weighted by Gasteiger charge is -1.95. The van der Waals surface area contributed by atoms with Crippen molar-refractivity contribution < 1.29 is 4.79 Å². The first-order valence-corrected chi connectivity index (χ1v) is 7.56. The Hall–Kier alpha value is -1.85. The fourth-order valence-corrected chi connectivity index (χ4v) is 3.07. The zero-order valence-electron chi connectivity index (χ0n) is 9.95. The van der Waals surface area contributed by atoms with E-state index in [1.807, 2.05) is 35.7 Å². The van der Waals surface area contributed by atoms with Gasteiger partial charge in [-0.25, -0.2) is 9.97 Å². The maximum atomic E-state index is 11.9. The van der Waals surface area contributed by atoms with Gasteiger partial charge in [0.1, 0.15) is 10.7 Å². The van der Waals surface area contributed by atoms with Crippen LogP contribution < -0.4 is 0 Å². The van der Waals surface area contributed by atoms with Crippen LogP contribution in [0.2, 0.25) is 0 Å². The van der Waals surface area contributed by atoms with E-state index in [-0.39, 0.29) is 5.78 Å². The van der Waals surface area contributed by atoms with Crippen LogP contribution in [0.1, 0.15) is 15.5 Å². The molecule has 0 unspecified atom stereocenters. The fraction of sp³-hybridized carbons (Fsp3) is 0.0714. The molecule has 0 amide bonds. The summed E-state index contributed by atoms with van der Waals surface area (Å²) in [5.74, 6) is 0.0233. The Morgan fingerprint density at radius 1 is 1.16 bits per heavy atom. The first kappa shape index (κ1) is 12.2. The molecule has 0 bridgehead atoms. The van der Waals surface area contributed by atoms with Crippen molar-refractivity contribution in [2.45, 2.75) is 6.42 Å². The molecule has 2 heterocycles. The van der Waals surface area contributed by atoms with Gasteiger partial charge in [0.15, 0.2) is 5.78 Å². The van der Waals surface area contributed by atoms with Crippen LogP contribution in [0.3, 0.4) is 0 Å². The maximum absolute atomic E-state index is 11.9. The molecule has 0 fully saturated rings. The van der Waals surface area contributed by atoms with Crippen LogP contribution in [-0.2, 0) is 6.42 Å². The molecule has 19 heavy (non-hydrogen) atoms. The molecule has 0 aliphatic rings. The number of aromatic nitrogens is 2. The van der Waals surface area contributed by atoms with E-state index in [0.717, 1.165) is 16.3 Å². The van der Waals surface area contributed by atoms with Crippen LogP contribution in [0.4, 0.5) is 0 Å². The van der Waals surface area contributed by atoms with Gasteiger partial charge in [-0.15, -0.1) is 22.7 Å². The van der Waals surface area contributed by atoms with Gasteiger partial charge >= 0.3 is 0 Å². The van der Waals surface area contributed by atoms with Gasteiger partial charge in [0.25, 0.3) is 0 Å². The predicted octanol–water partition coefficient (Wildman–Crippen LogP) is 3.69. The molecular weight excluding hydrogens is 276 g/mol. The lowest BCUT2D eigenvalue weighted by molar-refractivity contribution is 0.0989. The van der Waals surface area contributed by atoms with E-state index in [2.05, 4.69) is 9.97 Å². The van der Waals surface area contributed by atoms with Gasteiger partial charge in [0.2, 0.25) is 0 Å². The number of carbonyl (C=O) groups is 1. The molecule has 3 aromatic rings. The topological polar surface area (TPSA) is 42.9 Å². The van der Waals surface area contributed by atoms with Crippen LogP contribution >= 0.6 is 22.7 Å². The van der Waals surface area contributed by atoms with Gasteiger partial charge in [-0.3, -0.25) is 4.79 Å². The molecule has 0 atom stereocenters.